The fourth-order valence-corrected chi connectivity index (χ4v) is 2.58. The third kappa shape index (κ3) is 5.00. The Hall–Kier alpha value is -0.680. The highest BCUT2D eigenvalue weighted by Gasteiger charge is 2.08. The summed E-state index contributed by atoms with van der Waals surface area (Å²) in [5.41, 5.74) is 1.12. The van der Waals surface area contributed by atoms with Gasteiger partial charge in [-0.1, -0.05) is 22.9 Å². The number of anilines is 1. The molecule has 1 rings (SSSR count). The smallest absolute Gasteiger partial charge is 0.335 e. The number of halogens is 1. The zero-order valence-corrected chi connectivity index (χ0v) is 12.3. The fourth-order valence-electron chi connectivity index (χ4n) is 1.42. The summed E-state index contributed by atoms with van der Waals surface area (Å²) in [5, 5.41) is 12.3. The van der Waals surface area contributed by atoms with Gasteiger partial charge in [-0.2, -0.15) is 11.8 Å². The molecule has 0 spiro atoms. The summed E-state index contributed by atoms with van der Waals surface area (Å²) in [7, 11) is 0. The largest absolute Gasteiger partial charge is 0.478 e. The normalized spacial score (nSPS) is 12.2. The molecular formula is C12H16BrNO2S. The maximum atomic E-state index is 10.9. The maximum absolute atomic E-state index is 10.9. The molecule has 3 nitrogen and oxygen atoms in total. The van der Waals surface area contributed by atoms with Crippen molar-refractivity contribution >= 4 is 39.3 Å². The Morgan fingerprint density at radius 2 is 2.24 bits per heavy atom. The average Bonchev–Trinajstić information content (AvgIpc) is 2.25. The second kappa shape index (κ2) is 6.91. The fraction of sp³-hybridized carbons (Fsp3) is 0.417. The van der Waals surface area contributed by atoms with Gasteiger partial charge in [-0.3, -0.25) is 0 Å². The molecule has 0 aliphatic rings. The molecule has 0 aromatic heterocycles. The van der Waals surface area contributed by atoms with Crippen LogP contribution in [-0.4, -0.2) is 28.6 Å². The van der Waals surface area contributed by atoms with Crippen LogP contribution in [0.3, 0.4) is 0 Å². The Bertz CT molecular complexity index is 398. The van der Waals surface area contributed by atoms with E-state index in [0.717, 1.165) is 21.7 Å². The summed E-state index contributed by atoms with van der Waals surface area (Å²) in [6.07, 6.45) is 0. The lowest BCUT2D eigenvalue weighted by Crippen LogP contribution is -2.18. The molecule has 0 saturated carbocycles. The van der Waals surface area contributed by atoms with Crippen molar-refractivity contribution in [1.82, 2.24) is 0 Å². The van der Waals surface area contributed by atoms with E-state index in [1.165, 1.54) is 0 Å². The summed E-state index contributed by atoms with van der Waals surface area (Å²) in [6, 6.07) is 5.45. The van der Waals surface area contributed by atoms with Crippen LogP contribution in [0.1, 0.15) is 24.2 Å². The summed E-state index contributed by atoms with van der Waals surface area (Å²) in [6.45, 7) is 4.21. The first-order chi connectivity index (χ1) is 8.02. The predicted molar refractivity (Wildman–Crippen MR) is 77.2 cm³/mol. The van der Waals surface area contributed by atoms with Crippen molar-refractivity contribution in [2.75, 3.05) is 16.8 Å². The molecule has 1 aromatic carbocycles. The topological polar surface area (TPSA) is 49.3 Å². The Balaban J connectivity index is 2.73. The molecule has 0 bridgehead atoms. The molecule has 1 aromatic rings. The van der Waals surface area contributed by atoms with Crippen molar-refractivity contribution in [1.29, 1.82) is 0 Å². The Labute approximate surface area is 114 Å². The van der Waals surface area contributed by atoms with Gasteiger partial charge in [0, 0.05) is 22.0 Å². The first-order valence-electron chi connectivity index (χ1n) is 5.41. The van der Waals surface area contributed by atoms with Crippen LogP contribution in [-0.2, 0) is 0 Å². The molecule has 2 N–H and O–H groups in total. The molecule has 0 heterocycles. The monoisotopic (exact) mass is 317 g/mol. The van der Waals surface area contributed by atoms with Gasteiger partial charge in [0.05, 0.1) is 5.56 Å². The summed E-state index contributed by atoms with van der Waals surface area (Å²) in [5.74, 6) is 1.18. The lowest BCUT2D eigenvalue weighted by atomic mass is 10.2. The van der Waals surface area contributed by atoms with E-state index in [4.69, 9.17) is 5.11 Å². The second-order valence-electron chi connectivity index (χ2n) is 3.74. The molecule has 0 fully saturated rings. The number of aromatic carboxylic acids is 1. The van der Waals surface area contributed by atoms with Gasteiger partial charge in [-0.15, -0.1) is 0 Å². The SMILES string of the molecule is CCSCC(C)Nc1cc(Br)cc(C(=O)O)c1. The highest BCUT2D eigenvalue weighted by atomic mass is 79.9. The highest BCUT2D eigenvalue weighted by molar-refractivity contribution is 9.10. The van der Waals surface area contributed by atoms with Gasteiger partial charge in [-0.25, -0.2) is 4.79 Å². The molecule has 1 atom stereocenters. The minimum Gasteiger partial charge on any atom is -0.478 e. The van der Waals surface area contributed by atoms with Crippen molar-refractivity contribution < 1.29 is 9.90 Å². The zero-order valence-electron chi connectivity index (χ0n) is 9.87. The molecule has 0 aliphatic heterocycles. The molecule has 5 heteroatoms. The number of benzene rings is 1. The molecule has 94 valence electrons. The van der Waals surface area contributed by atoms with Gasteiger partial charge in [0.25, 0.3) is 0 Å². The van der Waals surface area contributed by atoms with Crippen LogP contribution < -0.4 is 5.32 Å². The number of rotatable bonds is 6. The van der Waals surface area contributed by atoms with Crippen LogP contribution in [0.4, 0.5) is 5.69 Å². The van der Waals surface area contributed by atoms with Crippen molar-refractivity contribution in [3.63, 3.8) is 0 Å². The van der Waals surface area contributed by atoms with E-state index in [-0.39, 0.29) is 5.56 Å². The number of nitrogens with one attached hydrogen (secondary N) is 1. The van der Waals surface area contributed by atoms with Gasteiger partial charge in [0.2, 0.25) is 0 Å². The van der Waals surface area contributed by atoms with Crippen molar-refractivity contribution in [3.05, 3.63) is 28.2 Å². The number of carboxylic acids is 1. The van der Waals surface area contributed by atoms with E-state index in [9.17, 15) is 4.79 Å². The van der Waals surface area contributed by atoms with E-state index >= 15 is 0 Å². The van der Waals surface area contributed by atoms with E-state index in [2.05, 4.69) is 35.1 Å². The van der Waals surface area contributed by atoms with E-state index < -0.39 is 5.97 Å². The minimum absolute atomic E-state index is 0.289. The van der Waals surface area contributed by atoms with E-state index in [1.807, 2.05) is 17.8 Å². The van der Waals surface area contributed by atoms with Gasteiger partial charge >= 0.3 is 5.97 Å². The first-order valence-corrected chi connectivity index (χ1v) is 7.36. The third-order valence-electron chi connectivity index (χ3n) is 2.13. The zero-order chi connectivity index (χ0) is 12.8. The predicted octanol–water partition coefficient (Wildman–Crippen LogP) is 3.70. The van der Waals surface area contributed by atoms with Crippen molar-refractivity contribution in [2.45, 2.75) is 19.9 Å². The molecular weight excluding hydrogens is 302 g/mol. The van der Waals surface area contributed by atoms with Crippen molar-refractivity contribution in [2.24, 2.45) is 0 Å². The third-order valence-corrected chi connectivity index (χ3v) is 3.73. The average molecular weight is 318 g/mol. The number of hydrogen-bond acceptors (Lipinski definition) is 3. The Morgan fingerprint density at radius 1 is 1.53 bits per heavy atom. The number of carboxylic acid groups (broad SMARTS) is 1. The van der Waals surface area contributed by atoms with Crippen molar-refractivity contribution in [3.8, 4) is 0 Å². The van der Waals surface area contributed by atoms with Gasteiger partial charge in [0.15, 0.2) is 0 Å². The molecule has 1 unspecified atom stereocenters. The Morgan fingerprint density at radius 3 is 2.82 bits per heavy atom. The van der Waals surface area contributed by atoms with Gasteiger partial charge in [0.1, 0.15) is 0 Å². The molecule has 0 aliphatic carbocycles. The second-order valence-corrected chi connectivity index (χ2v) is 5.97. The van der Waals surface area contributed by atoms with Crippen LogP contribution in [0, 0.1) is 0 Å². The van der Waals surface area contributed by atoms with E-state index in [1.54, 1.807) is 12.1 Å². The summed E-state index contributed by atoms with van der Waals surface area (Å²) in [4.78, 5) is 10.9. The van der Waals surface area contributed by atoms with Gasteiger partial charge < -0.3 is 10.4 Å². The van der Waals surface area contributed by atoms with Crippen LogP contribution in [0.5, 0.6) is 0 Å². The first kappa shape index (κ1) is 14.4. The summed E-state index contributed by atoms with van der Waals surface area (Å²) >= 11 is 5.17. The lowest BCUT2D eigenvalue weighted by molar-refractivity contribution is 0.0697. The number of thioether (sulfide) groups is 1. The van der Waals surface area contributed by atoms with E-state index in [0.29, 0.717) is 6.04 Å². The Kier molecular flexibility index (Phi) is 5.85. The van der Waals surface area contributed by atoms with Crippen LogP contribution in [0.25, 0.3) is 0 Å². The van der Waals surface area contributed by atoms with Crippen LogP contribution in [0.2, 0.25) is 0 Å². The number of carbonyl (C=O) groups is 1. The quantitative estimate of drug-likeness (QED) is 0.840. The minimum atomic E-state index is -0.912. The standard InChI is InChI=1S/C12H16BrNO2S/c1-3-17-7-8(2)14-11-5-9(12(15)16)4-10(13)6-11/h4-6,8,14H,3,7H2,1-2H3,(H,15,16). The van der Waals surface area contributed by atoms with Crippen LogP contribution >= 0.6 is 27.7 Å². The molecule has 0 amide bonds. The lowest BCUT2D eigenvalue weighted by Gasteiger charge is -2.15. The molecule has 0 radical (unpaired) electrons. The molecule has 0 saturated heterocycles. The maximum Gasteiger partial charge on any atom is 0.335 e. The van der Waals surface area contributed by atoms with Crippen LogP contribution in [0.15, 0.2) is 22.7 Å². The molecule has 17 heavy (non-hydrogen) atoms. The number of hydrogen-bond donors (Lipinski definition) is 2. The van der Waals surface area contributed by atoms with Gasteiger partial charge in [-0.05, 0) is 30.9 Å². The summed E-state index contributed by atoms with van der Waals surface area (Å²) < 4.78 is 0.773. The highest BCUT2D eigenvalue weighted by Crippen LogP contribution is 2.21.